The minimum Gasteiger partial charge on any atom is -0.494 e. The maximum Gasteiger partial charge on any atom is 0.120 e. The van der Waals surface area contributed by atoms with Crippen LogP contribution in [0.3, 0.4) is 0 Å². The lowest BCUT2D eigenvalue weighted by atomic mass is 10.0. The average Bonchev–Trinajstić information content (AvgIpc) is 2.64. The number of nitrogens with one attached hydrogen (secondary N) is 2. The zero-order chi connectivity index (χ0) is 12.4. The highest BCUT2D eigenvalue weighted by Crippen LogP contribution is 2.30. The molecule has 0 aliphatic rings. The summed E-state index contributed by atoms with van der Waals surface area (Å²) in [5.41, 5.74) is 3.71. The SMILES string of the molecule is CCOc1ccc2[nH]c(C)c(C(C)NC)c2c1. The van der Waals surface area contributed by atoms with Crippen molar-refractivity contribution in [3.63, 3.8) is 0 Å². The molecular formula is C14H20N2O. The molecule has 3 heteroatoms. The summed E-state index contributed by atoms with van der Waals surface area (Å²) in [6.45, 7) is 6.99. The molecule has 2 N–H and O–H groups in total. The van der Waals surface area contributed by atoms with Gasteiger partial charge in [0.25, 0.3) is 0 Å². The highest BCUT2D eigenvalue weighted by Gasteiger charge is 2.14. The monoisotopic (exact) mass is 232 g/mol. The predicted molar refractivity (Wildman–Crippen MR) is 71.7 cm³/mol. The molecule has 1 aromatic carbocycles. The van der Waals surface area contributed by atoms with E-state index in [0.29, 0.717) is 12.6 Å². The number of hydrogen-bond donors (Lipinski definition) is 2. The smallest absolute Gasteiger partial charge is 0.120 e. The third-order valence-electron chi connectivity index (χ3n) is 3.18. The van der Waals surface area contributed by atoms with Gasteiger partial charge >= 0.3 is 0 Å². The predicted octanol–water partition coefficient (Wildman–Crippen LogP) is 3.16. The van der Waals surface area contributed by atoms with Crippen molar-refractivity contribution in [1.82, 2.24) is 10.3 Å². The third kappa shape index (κ3) is 2.15. The minimum absolute atomic E-state index is 0.334. The number of benzene rings is 1. The number of hydrogen-bond acceptors (Lipinski definition) is 2. The van der Waals surface area contributed by atoms with E-state index < -0.39 is 0 Å². The zero-order valence-corrected chi connectivity index (χ0v) is 10.9. The molecule has 3 nitrogen and oxygen atoms in total. The third-order valence-corrected chi connectivity index (χ3v) is 3.18. The van der Waals surface area contributed by atoms with Gasteiger partial charge in [0.2, 0.25) is 0 Å². The summed E-state index contributed by atoms with van der Waals surface area (Å²) in [6.07, 6.45) is 0. The molecule has 2 rings (SSSR count). The summed E-state index contributed by atoms with van der Waals surface area (Å²) in [5, 5.41) is 4.54. The molecule has 92 valence electrons. The van der Waals surface area contributed by atoms with Crippen molar-refractivity contribution in [2.24, 2.45) is 0 Å². The normalized spacial score (nSPS) is 12.9. The van der Waals surface area contributed by atoms with Crippen molar-refractivity contribution >= 4 is 10.9 Å². The van der Waals surface area contributed by atoms with E-state index in [9.17, 15) is 0 Å². The van der Waals surface area contributed by atoms with E-state index in [1.807, 2.05) is 20.0 Å². The summed E-state index contributed by atoms with van der Waals surface area (Å²) >= 11 is 0. The lowest BCUT2D eigenvalue weighted by Crippen LogP contribution is -2.12. The molecule has 0 saturated heterocycles. The highest BCUT2D eigenvalue weighted by atomic mass is 16.5. The average molecular weight is 232 g/mol. The van der Waals surface area contributed by atoms with E-state index in [1.165, 1.54) is 22.2 Å². The molecule has 0 spiro atoms. The van der Waals surface area contributed by atoms with E-state index >= 15 is 0 Å². The Kier molecular flexibility index (Phi) is 3.38. The van der Waals surface area contributed by atoms with Gasteiger partial charge in [-0.05, 0) is 51.6 Å². The Labute approximate surface area is 102 Å². The van der Waals surface area contributed by atoms with Crippen LogP contribution >= 0.6 is 0 Å². The zero-order valence-electron chi connectivity index (χ0n) is 10.9. The maximum atomic E-state index is 5.56. The Morgan fingerprint density at radius 1 is 1.41 bits per heavy atom. The Balaban J connectivity index is 2.56. The Morgan fingerprint density at radius 2 is 2.18 bits per heavy atom. The maximum absolute atomic E-state index is 5.56. The highest BCUT2D eigenvalue weighted by molar-refractivity contribution is 5.86. The Hall–Kier alpha value is -1.48. The van der Waals surface area contributed by atoms with E-state index in [-0.39, 0.29) is 0 Å². The van der Waals surface area contributed by atoms with Crippen LogP contribution in [0, 0.1) is 6.92 Å². The second kappa shape index (κ2) is 4.80. The molecule has 1 aromatic heterocycles. The quantitative estimate of drug-likeness (QED) is 0.849. The first-order valence-electron chi connectivity index (χ1n) is 6.09. The van der Waals surface area contributed by atoms with Gasteiger partial charge < -0.3 is 15.0 Å². The van der Waals surface area contributed by atoms with Crippen molar-refractivity contribution < 1.29 is 4.74 Å². The standard InChI is InChI=1S/C14H20N2O/c1-5-17-11-6-7-13-12(8-11)14(9(2)15-4)10(3)16-13/h6-9,15-16H,5H2,1-4H3. The number of aryl methyl sites for hydroxylation is 1. The van der Waals surface area contributed by atoms with E-state index in [0.717, 1.165) is 5.75 Å². The topological polar surface area (TPSA) is 37.0 Å². The van der Waals surface area contributed by atoms with E-state index in [4.69, 9.17) is 4.74 Å². The molecule has 0 radical (unpaired) electrons. The second-order valence-electron chi connectivity index (χ2n) is 4.31. The molecule has 0 saturated carbocycles. The first-order chi connectivity index (χ1) is 8.17. The van der Waals surface area contributed by atoms with Gasteiger partial charge in [0.05, 0.1) is 6.61 Å². The lowest BCUT2D eigenvalue weighted by Gasteiger charge is -2.11. The van der Waals surface area contributed by atoms with Gasteiger partial charge in [0.15, 0.2) is 0 Å². The van der Waals surface area contributed by atoms with Gasteiger partial charge in [-0.2, -0.15) is 0 Å². The Morgan fingerprint density at radius 3 is 2.82 bits per heavy atom. The molecule has 1 unspecified atom stereocenters. The summed E-state index contributed by atoms with van der Waals surface area (Å²) in [6, 6.07) is 6.54. The number of H-pyrrole nitrogens is 1. The molecule has 2 aromatic rings. The van der Waals surface area contributed by atoms with E-state index in [2.05, 4.69) is 36.3 Å². The molecule has 0 amide bonds. The van der Waals surface area contributed by atoms with Crippen molar-refractivity contribution in [3.8, 4) is 5.75 Å². The molecule has 1 heterocycles. The van der Waals surface area contributed by atoms with Crippen molar-refractivity contribution in [1.29, 1.82) is 0 Å². The molecule has 0 bridgehead atoms. The minimum atomic E-state index is 0.334. The van der Waals surface area contributed by atoms with Crippen LogP contribution in [0.4, 0.5) is 0 Å². The van der Waals surface area contributed by atoms with Crippen molar-refractivity contribution in [2.75, 3.05) is 13.7 Å². The fraction of sp³-hybridized carbons (Fsp3) is 0.429. The van der Waals surface area contributed by atoms with Crippen LogP contribution in [-0.2, 0) is 0 Å². The van der Waals surface area contributed by atoms with Gasteiger partial charge in [-0.25, -0.2) is 0 Å². The summed E-state index contributed by atoms with van der Waals surface area (Å²) in [5.74, 6) is 0.934. The van der Waals surface area contributed by atoms with E-state index in [1.54, 1.807) is 0 Å². The van der Waals surface area contributed by atoms with Crippen LogP contribution in [0.5, 0.6) is 5.75 Å². The molecule has 17 heavy (non-hydrogen) atoms. The van der Waals surface area contributed by atoms with Crippen LogP contribution in [-0.4, -0.2) is 18.6 Å². The van der Waals surface area contributed by atoms with Crippen LogP contribution < -0.4 is 10.1 Å². The van der Waals surface area contributed by atoms with Crippen LogP contribution in [0.15, 0.2) is 18.2 Å². The number of ether oxygens (including phenoxy) is 1. The number of fused-ring (bicyclic) bond motifs is 1. The summed E-state index contributed by atoms with van der Waals surface area (Å²) in [4.78, 5) is 3.42. The number of aromatic amines is 1. The largest absolute Gasteiger partial charge is 0.494 e. The first-order valence-corrected chi connectivity index (χ1v) is 6.09. The Bertz CT molecular complexity index is 516. The summed E-state index contributed by atoms with van der Waals surface area (Å²) in [7, 11) is 1.98. The molecule has 0 aliphatic carbocycles. The van der Waals surface area contributed by atoms with Gasteiger partial charge in [-0.3, -0.25) is 0 Å². The first kappa shape index (κ1) is 12.0. The van der Waals surface area contributed by atoms with Crippen LogP contribution in [0.2, 0.25) is 0 Å². The lowest BCUT2D eigenvalue weighted by molar-refractivity contribution is 0.340. The second-order valence-corrected chi connectivity index (χ2v) is 4.31. The van der Waals surface area contributed by atoms with Gasteiger partial charge in [0.1, 0.15) is 5.75 Å². The van der Waals surface area contributed by atoms with Gasteiger partial charge in [-0.15, -0.1) is 0 Å². The molecule has 0 fully saturated rings. The van der Waals surface area contributed by atoms with Gasteiger partial charge in [0, 0.05) is 22.6 Å². The number of aromatic nitrogens is 1. The molecule has 1 atom stereocenters. The fourth-order valence-electron chi connectivity index (χ4n) is 2.29. The van der Waals surface area contributed by atoms with Crippen molar-refractivity contribution in [3.05, 3.63) is 29.5 Å². The molecular weight excluding hydrogens is 212 g/mol. The number of rotatable bonds is 4. The van der Waals surface area contributed by atoms with Crippen LogP contribution in [0.25, 0.3) is 10.9 Å². The van der Waals surface area contributed by atoms with Gasteiger partial charge in [-0.1, -0.05) is 0 Å². The fourth-order valence-corrected chi connectivity index (χ4v) is 2.29. The van der Waals surface area contributed by atoms with Crippen molar-refractivity contribution in [2.45, 2.75) is 26.8 Å². The molecule has 0 aliphatic heterocycles. The van der Waals surface area contributed by atoms with Crippen LogP contribution in [0.1, 0.15) is 31.1 Å². The summed E-state index contributed by atoms with van der Waals surface area (Å²) < 4.78 is 5.56.